The van der Waals surface area contributed by atoms with E-state index in [0.717, 1.165) is 27.5 Å². The normalized spacial score (nSPS) is 11.7. The number of halogens is 1. The predicted molar refractivity (Wildman–Crippen MR) is 119 cm³/mol. The van der Waals surface area contributed by atoms with E-state index in [1.165, 1.54) is 11.1 Å². The van der Waals surface area contributed by atoms with Crippen molar-refractivity contribution in [2.75, 3.05) is 0 Å². The Balaban J connectivity index is 1.91. The van der Waals surface area contributed by atoms with Crippen LogP contribution in [0.4, 0.5) is 0 Å². The molecule has 1 nitrogen and oxygen atoms in total. The number of hydrogen-bond donors (Lipinski definition) is 1. The van der Waals surface area contributed by atoms with Gasteiger partial charge in [0.1, 0.15) is 5.75 Å². The van der Waals surface area contributed by atoms with Gasteiger partial charge in [-0.25, -0.2) is 0 Å². The summed E-state index contributed by atoms with van der Waals surface area (Å²) in [6, 6.07) is 30.7. The second-order valence-electron chi connectivity index (χ2n) is 6.15. The first-order valence-electron chi connectivity index (χ1n) is 8.45. The maximum atomic E-state index is 10.6. The summed E-state index contributed by atoms with van der Waals surface area (Å²) in [4.78, 5) is 0. The average molecular weight is 448 g/mol. The minimum atomic E-state index is 0.303. The van der Waals surface area contributed by atoms with E-state index in [4.69, 9.17) is 0 Å². The highest BCUT2D eigenvalue weighted by Gasteiger charge is 2.14. The summed E-state index contributed by atoms with van der Waals surface area (Å²) in [5.41, 5.74) is 5.37. The molecule has 26 heavy (non-hydrogen) atoms. The Morgan fingerprint density at radius 2 is 1.42 bits per heavy atom. The zero-order valence-corrected chi connectivity index (χ0v) is 16.2. The van der Waals surface area contributed by atoms with Gasteiger partial charge in [-0.2, -0.15) is 0 Å². The number of phenols is 1. The van der Waals surface area contributed by atoms with Gasteiger partial charge in [0, 0.05) is 5.56 Å². The van der Waals surface area contributed by atoms with Crippen LogP contribution in [0, 0.1) is 0 Å². The molecule has 0 radical (unpaired) electrons. The maximum absolute atomic E-state index is 10.6. The third-order valence-electron chi connectivity index (χ3n) is 4.57. The average Bonchev–Trinajstić information content (AvgIpc) is 2.71. The first kappa shape index (κ1) is 16.9. The highest BCUT2D eigenvalue weighted by molar-refractivity contribution is 14.1. The summed E-state index contributed by atoms with van der Waals surface area (Å²) >= 11 is 2.25. The van der Waals surface area contributed by atoms with E-state index >= 15 is 0 Å². The molecular weight excluding hydrogens is 431 g/mol. The van der Waals surface area contributed by atoms with E-state index in [0.29, 0.717) is 5.75 Å². The lowest BCUT2D eigenvalue weighted by atomic mass is 9.92. The third kappa shape index (κ3) is 3.13. The molecule has 4 aromatic carbocycles. The SMILES string of the molecule is Oc1ccc2cc(-c3ccccc3)ccc2c1/C(=C/I)c1ccccc1. The Hall–Kier alpha value is -2.59. The zero-order valence-electron chi connectivity index (χ0n) is 14.1. The number of fused-ring (bicyclic) bond motifs is 1. The number of benzene rings is 4. The number of hydrogen-bond acceptors (Lipinski definition) is 1. The second kappa shape index (κ2) is 7.34. The summed E-state index contributed by atoms with van der Waals surface area (Å²) < 4.78 is 2.03. The molecule has 1 N–H and O–H groups in total. The standard InChI is InChI=1S/C24H17IO/c25-16-22(18-9-5-2-6-10-18)24-21-13-11-19(17-7-3-1-4-8-17)15-20(21)12-14-23(24)26/h1-16,26H/b22-16+. The summed E-state index contributed by atoms with van der Waals surface area (Å²) in [6.45, 7) is 0. The van der Waals surface area contributed by atoms with Crippen LogP contribution in [0.5, 0.6) is 5.75 Å². The minimum absolute atomic E-state index is 0.303. The maximum Gasteiger partial charge on any atom is 0.124 e. The van der Waals surface area contributed by atoms with Crippen molar-refractivity contribution >= 4 is 38.9 Å². The number of rotatable bonds is 3. The van der Waals surface area contributed by atoms with E-state index in [1.54, 1.807) is 6.07 Å². The Kier molecular flexibility index (Phi) is 4.76. The molecule has 0 aliphatic heterocycles. The third-order valence-corrected chi connectivity index (χ3v) is 5.19. The van der Waals surface area contributed by atoms with Gasteiger partial charge in [-0.3, -0.25) is 0 Å². The molecule has 0 aliphatic carbocycles. The Labute approximate surface area is 166 Å². The van der Waals surface area contributed by atoms with Crippen molar-refractivity contribution in [1.29, 1.82) is 0 Å². The van der Waals surface area contributed by atoms with Crippen LogP contribution in [0.3, 0.4) is 0 Å². The van der Waals surface area contributed by atoms with Gasteiger partial charge in [-0.1, -0.05) is 101 Å². The van der Waals surface area contributed by atoms with Gasteiger partial charge >= 0.3 is 0 Å². The van der Waals surface area contributed by atoms with Gasteiger partial charge in [0.15, 0.2) is 0 Å². The molecule has 126 valence electrons. The fourth-order valence-electron chi connectivity index (χ4n) is 3.29. The monoisotopic (exact) mass is 448 g/mol. The molecule has 0 unspecified atom stereocenters. The molecule has 0 heterocycles. The van der Waals surface area contributed by atoms with E-state index in [9.17, 15) is 5.11 Å². The summed E-state index contributed by atoms with van der Waals surface area (Å²) in [5.74, 6) is 0.303. The van der Waals surface area contributed by atoms with Gasteiger partial charge in [0.2, 0.25) is 0 Å². The summed E-state index contributed by atoms with van der Waals surface area (Å²) in [7, 11) is 0. The van der Waals surface area contributed by atoms with Gasteiger partial charge in [-0.05, 0) is 49.3 Å². The van der Waals surface area contributed by atoms with Crippen molar-refractivity contribution in [1.82, 2.24) is 0 Å². The molecular formula is C24H17IO. The highest BCUT2D eigenvalue weighted by atomic mass is 127. The first-order valence-corrected chi connectivity index (χ1v) is 9.70. The van der Waals surface area contributed by atoms with E-state index in [2.05, 4.69) is 65.1 Å². The largest absolute Gasteiger partial charge is 0.507 e. The van der Waals surface area contributed by atoms with Crippen LogP contribution in [0.15, 0.2) is 95.1 Å². The van der Waals surface area contributed by atoms with Crippen molar-refractivity contribution in [3.63, 3.8) is 0 Å². The van der Waals surface area contributed by atoms with E-state index in [1.807, 2.05) is 46.5 Å². The van der Waals surface area contributed by atoms with Crippen LogP contribution in [0.25, 0.3) is 27.5 Å². The molecule has 0 saturated heterocycles. The lowest BCUT2D eigenvalue weighted by Gasteiger charge is -2.14. The van der Waals surface area contributed by atoms with Crippen LogP contribution in [-0.2, 0) is 0 Å². The molecule has 0 amide bonds. The van der Waals surface area contributed by atoms with Gasteiger partial charge in [-0.15, -0.1) is 0 Å². The molecule has 2 heteroatoms. The molecule has 0 bridgehead atoms. The van der Waals surface area contributed by atoms with Crippen LogP contribution >= 0.6 is 22.6 Å². The smallest absolute Gasteiger partial charge is 0.124 e. The molecule has 0 atom stereocenters. The van der Waals surface area contributed by atoms with E-state index < -0.39 is 0 Å². The molecule has 0 spiro atoms. The summed E-state index contributed by atoms with van der Waals surface area (Å²) in [6.07, 6.45) is 0. The quantitative estimate of drug-likeness (QED) is 0.334. The van der Waals surface area contributed by atoms with Crippen LogP contribution in [0.2, 0.25) is 0 Å². The fourth-order valence-corrected chi connectivity index (χ4v) is 3.96. The van der Waals surface area contributed by atoms with Crippen LogP contribution < -0.4 is 0 Å². The Morgan fingerprint density at radius 1 is 0.731 bits per heavy atom. The molecule has 0 fully saturated rings. The molecule has 0 aliphatic rings. The predicted octanol–water partition coefficient (Wildman–Crippen LogP) is 7.04. The summed E-state index contributed by atoms with van der Waals surface area (Å²) in [5, 5.41) is 12.8. The molecule has 0 saturated carbocycles. The number of aromatic hydroxyl groups is 1. The highest BCUT2D eigenvalue weighted by Crippen LogP contribution is 2.38. The molecule has 0 aromatic heterocycles. The van der Waals surface area contributed by atoms with Crippen molar-refractivity contribution in [2.24, 2.45) is 0 Å². The van der Waals surface area contributed by atoms with Crippen molar-refractivity contribution in [2.45, 2.75) is 0 Å². The van der Waals surface area contributed by atoms with Crippen LogP contribution in [0.1, 0.15) is 11.1 Å². The van der Waals surface area contributed by atoms with Crippen molar-refractivity contribution in [3.05, 3.63) is 106 Å². The lowest BCUT2D eigenvalue weighted by Crippen LogP contribution is -1.91. The number of phenolic OH excluding ortho intramolecular Hbond substituents is 1. The zero-order chi connectivity index (χ0) is 17.9. The Bertz CT molecular complexity index is 1080. The van der Waals surface area contributed by atoms with Gasteiger partial charge in [0.05, 0.1) is 0 Å². The van der Waals surface area contributed by atoms with E-state index in [-0.39, 0.29) is 0 Å². The topological polar surface area (TPSA) is 20.2 Å². The fraction of sp³-hybridized carbons (Fsp3) is 0. The molecule has 4 rings (SSSR count). The second-order valence-corrected chi connectivity index (χ2v) is 6.77. The van der Waals surface area contributed by atoms with Crippen molar-refractivity contribution < 1.29 is 5.11 Å². The Morgan fingerprint density at radius 3 is 2.12 bits per heavy atom. The lowest BCUT2D eigenvalue weighted by molar-refractivity contribution is 0.474. The van der Waals surface area contributed by atoms with Gasteiger partial charge in [0.25, 0.3) is 0 Å². The van der Waals surface area contributed by atoms with Crippen LogP contribution in [-0.4, -0.2) is 5.11 Å². The first-order chi connectivity index (χ1) is 12.8. The molecule has 4 aromatic rings. The minimum Gasteiger partial charge on any atom is -0.507 e. The van der Waals surface area contributed by atoms with Gasteiger partial charge < -0.3 is 5.11 Å². The van der Waals surface area contributed by atoms with Crippen molar-refractivity contribution in [3.8, 4) is 16.9 Å².